The predicted molar refractivity (Wildman–Crippen MR) is 58.0 cm³/mol. The third kappa shape index (κ3) is 2.20. The molecule has 0 fully saturated rings. The summed E-state index contributed by atoms with van der Waals surface area (Å²) in [7, 11) is 1.64. The first-order valence-electron chi connectivity index (χ1n) is 4.96. The molecule has 1 aromatic heterocycles. The predicted octanol–water partition coefficient (Wildman–Crippen LogP) is 1.13. The molecule has 0 aliphatic heterocycles. The molecule has 16 heavy (non-hydrogen) atoms. The number of para-hydroxylation sites is 1. The normalized spacial score (nSPS) is 10.4. The molecule has 0 saturated carbocycles. The van der Waals surface area contributed by atoms with Gasteiger partial charge in [0.1, 0.15) is 5.75 Å². The van der Waals surface area contributed by atoms with Gasteiger partial charge in [0.25, 0.3) is 0 Å². The summed E-state index contributed by atoms with van der Waals surface area (Å²) in [6.45, 7) is 0.263. The zero-order valence-corrected chi connectivity index (χ0v) is 9.01. The van der Waals surface area contributed by atoms with Crippen molar-refractivity contribution in [1.29, 1.82) is 0 Å². The van der Waals surface area contributed by atoms with Crippen LogP contribution < -0.4 is 10.5 Å². The molecular formula is C11H13N3O2. The van der Waals surface area contributed by atoms with Gasteiger partial charge in [-0.15, -0.1) is 10.2 Å². The molecule has 2 rings (SSSR count). The van der Waals surface area contributed by atoms with Crippen molar-refractivity contribution in [2.45, 2.75) is 13.0 Å². The summed E-state index contributed by atoms with van der Waals surface area (Å²) in [5.74, 6) is 1.81. The lowest BCUT2D eigenvalue weighted by Crippen LogP contribution is -1.95. The van der Waals surface area contributed by atoms with Gasteiger partial charge in [0, 0.05) is 5.56 Å². The molecule has 2 N–H and O–H groups in total. The Morgan fingerprint density at radius 3 is 2.69 bits per heavy atom. The highest BCUT2D eigenvalue weighted by Gasteiger charge is 2.08. The number of benzene rings is 1. The minimum atomic E-state index is 0.263. The molecule has 0 bridgehead atoms. The first-order chi connectivity index (χ1) is 7.83. The molecule has 5 heteroatoms. The minimum absolute atomic E-state index is 0.263. The molecule has 0 unspecified atom stereocenters. The Morgan fingerprint density at radius 1 is 1.25 bits per heavy atom. The van der Waals surface area contributed by atoms with Gasteiger partial charge in [-0.05, 0) is 6.07 Å². The highest BCUT2D eigenvalue weighted by atomic mass is 16.5. The van der Waals surface area contributed by atoms with Crippen LogP contribution in [0.1, 0.15) is 17.3 Å². The van der Waals surface area contributed by atoms with E-state index in [2.05, 4.69) is 10.2 Å². The Bertz CT molecular complexity index is 468. The van der Waals surface area contributed by atoms with Crippen LogP contribution in [0.3, 0.4) is 0 Å². The summed E-state index contributed by atoms with van der Waals surface area (Å²) < 4.78 is 10.6. The smallest absolute Gasteiger partial charge is 0.230 e. The van der Waals surface area contributed by atoms with E-state index in [1.807, 2.05) is 24.3 Å². The maximum Gasteiger partial charge on any atom is 0.230 e. The molecule has 0 atom stereocenters. The average Bonchev–Trinajstić information content (AvgIpc) is 2.77. The number of hydrogen-bond acceptors (Lipinski definition) is 5. The summed E-state index contributed by atoms with van der Waals surface area (Å²) in [5.41, 5.74) is 6.40. The molecule has 0 aliphatic rings. The minimum Gasteiger partial charge on any atom is -0.496 e. The Morgan fingerprint density at radius 2 is 2.00 bits per heavy atom. The van der Waals surface area contributed by atoms with Gasteiger partial charge >= 0.3 is 0 Å². The van der Waals surface area contributed by atoms with Crippen molar-refractivity contribution in [2.75, 3.05) is 7.11 Å². The number of aromatic nitrogens is 2. The lowest BCUT2D eigenvalue weighted by molar-refractivity contribution is 0.406. The lowest BCUT2D eigenvalue weighted by atomic mass is 10.1. The zero-order valence-electron chi connectivity index (χ0n) is 9.01. The fourth-order valence-corrected chi connectivity index (χ4v) is 1.45. The van der Waals surface area contributed by atoms with Crippen LogP contribution in [0.15, 0.2) is 28.7 Å². The second kappa shape index (κ2) is 4.76. The molecular weight excluding hydrogens is 206 g/mol. The fourth-order valence-electron chi connectivity index (χ4n) is 1.45. The van der Waals surface area contributed by atoms with E-state index >= 15 is 0 Å². The van der Waals surface area contributed by atoms with Crippen LogP contribution in [-0.4, -0.2) is 17.3 Å². The number of nitrogens with two attached hydrogens (primary N) is 1. The summed E-state index contributed by atoms with van der Waals surface area (Å²) in [6, 6.07) is 7.72. The number of rotatable bonds is 4. The Hall–Kier alpha value is -1.88. The van der Waals surface area contributed by atoms with Crippen LogP contribution >= 0.6 is 0 Å². The summed E-state index contributed by atoms with van der Waals surface area (Å²) in [6.07, 6.45) is 0.553. The molecule has 5 nitrogen and oxygen atoms in total. The largest absolute Gasteiger partial charge is 0.496 e. The SMILES string of the molecule is COc1ccccc1Cc1nnc(CN)o1. The quantitative estimate of drug-likeness (QED) is 0.834. The number of methoxy groups -OCH3 is 1. The monoisotopic (exact) mass is 219 g/mol. The van der Waals surface area contributed by atoms with E-state index in [4.69, 9.17) is 14.9 Å². The molecule has 0 spiro atoms. The van der Waals surface area contributed by atoms with Crippen LogP contribution in [0.5, 0.6) is 5.75 Å². The van der Waals surface area contributed by atoms with Gasteiger partial charge in [-0.2, -0.15) is 0 Å². The van der Waals surface area contributed by atoms with E-state index in [-0.39, 0.29) is 6.54 Å². The van der Waals surface area contributed by atoms with Crippen LogP contribution in [0.4, 0.5) is 0 Å². The van der Waals surface area contributed by atoms with Gasteiger partial charge in [0.2, 0.25) is 11.8 Å². The van der Waals surface area contributed by atoms with Crippen molar-refractivity contribution in [3.8, 4) is 5.75 Å². The molecule has 1 heterocycles. The van der Waals surface area contributed by atoms with Gasteiger partial charge in [-0.1, -0.05) is 18.2 Å². The molecule has 0 amide bonds. The topological polar surface area (TPSA) is 74.2 Å². The van der Waals surface area contributed by atoms with E-state index in [0.717, 1.165) is 11.3 Å². The Balaban J connectivity index is 2.19. The first kappa shape index (κ1) is 10.6. The van der Waals surface area contributed by atoms with Gasteiger partial charge < -0.3 is 14.9 Å². The second-order valence-electron chi connectivity index (χ2n) is 3.28. The maximum atomic E-state index is 5.39. The molecule has 1 aromatic carbocycles. The molecule has 84 valence electrons. The molecule has 0 radical (unpaired) electrons. The van der Waals surface area contributed by atoms with Gasteiger partial charge in [0.05, 0.1) is 20.1 Å². The number of ether oxygens (including phenoxy) is 1. The van der Waals surface area contributed by atoms with Crippen molar-refractivity contribution in [1.82, 2.24) is 10.2 Å². The van der Waals surface area contributed by atoms with E-state index in [9.17, 15) is 0 Å². The Kier molecular flexibility index (Phi) is 3.16. The van der Waals surface area contributed by atoms with Crippen molar-refractivity contribution >= 4 is 0 Å². The molecule has 0 saturated heterocycles. The van der Waals surface area contributed by atoms with E-state index in [1.165, 1.54) is 0 Å². The van der Waals surface area contributed by atoms with E-state index in [1.54, 1.807) is 7.11 Å². The van der Waals surface area contributed by atoms with E-state index in [0.29, 0.717) is 18.2 Å². The first-order valence-corrected chi connectivity index (χ1v) is 4.96. The highest BCUT2D eigenvalue weighted by molar-refractivity contribution is 5.34. The van der Waals surface area contributed by atoms with Crippen LogP contribution in [-0.2, 0) is 13.0 Å². The standard InChI is InChI=1S/C11H13N3O2/c1-15-9-5-3-2-4-8(9)6-10-13-14-11(7-12)16-10/h2-5H,6-7,12H2,1H3. The molecule has 0 aliphatic carbocycles. The van der Waals surface area contributed by atoms with Crippen LogP contribution in [0.25, 0.3) is 0 Å². The average molecular weight is 219 g/mol. The zero-order chi connectivity index (χ0) is 11.4. The number of hydrogen-bond donors (Lipinski definition) is 1. The summed E-state index contributed by atoms with van der Waals surface area (Å²) >= 11 is 0. The maximum absolute atomic E-state index is 5.39. The second-order valence-corrected chi connectivity index (χ2v) is 3.28. The summed E-state index contributed by atoms with van der Waals surface area (Å²) in [4.78, 5) is 0. The van der Waals surface area contributed by atoms with Crippen molar-refractivity contribution in [2.24, 2.45) is 5.73 Å². The highest BCUT2D eigenvalue weighted by Crippen LogP contribution is 2.20. The van der Waals surface area contributed by atoms with Gasteiger partial charge in [0.15, 0.2) is 0 Å². The molecule has 2 aromatic rings. The van der Waals surface area contributed by atoms with Gasteiger partial charge in [-0.25, -0.2) is 0 Å². The Labute approximate surface area is 93.2 Å². The lowest BCUT2D eigenvalue weighted by Gasteiger charge is -2.05. The van der Waals surface area contributed by atoms with Crippen molar-refractivity contribution < 1.29 is 9.15 Å². The third-order valence-corrected chi connectivity index (χ3v) is 2.22. The third-order valence-electron chi connectivity index (χ3n) is 2.22. The van der Waals surface area contributed by atoms with Crippen LogP contribution in [0.2, 0.25) is 0 Å². The van der Waals surface area contributed by atoms with E-state index < -0.39 is 0 Å². The van der Waals surface area contributed by atoms with Crippen molar-refractivity contribution in [3.05, 3.63) is 41.6 Å². The van der Waals surface area contributed by atoms with Crippen molar-refractivity contribution in [3.63, 3.8) is 0 Å². The summed E-state index contributed by atoms with van der Waals surface area (Å²) in [5, 5.41) is 7.71. The fraction of sp³-hybridized carbons (Fsp3) is 0.273. The number of nitrogens with zero attached hydrogens (tertiary/aromatic N) is 2. The van der Waals surface area contributed by atoms with Gasteiger partial charge in [-0.3, -0.25) is 0 Å². The van der Waals surface area contributed by atoms with Crippen LogP contribution in [0, 0.1) is 0 Å².